The Kier molecular flexibility index (Phi) is 6.72. The molecular formula is C13H24N6O. The number of nitrogens with two attached hydrogens (primary N) is 1. The van der Waals surface area contributed by atoms with Crippen LogP contribution in [0.2, 0.25) is 0 Å². The highest BCUT2D eigenvalue weighted by atomic mass is 16.2. The maximum atomic E-state index is 11.8. The number of nitrogens with zero attached hydrogens (tertiary/aromatic N) is 2. The van der Waals surface area contributed by atoms with Crippen molar-refractivity contribution in [1.29, 1.82) is 0 Å². The van der Waals surface area contributed by atoms with Gasteiger partial charge in [-0.05, 0) is 19.8 Å². The number of hydrogen-bond donors (Lipinski definition) is 4. The third kappa shape index (κ3) is 5.00. The SMILES string of the molecule is CCCNC(=O)C(C)Nc1cc(NN)nc(CCC)n1. The van der Waals surface area contributed by atoms with Crippen LogP contribution in [-0.2, 0) is 11.2 Å². The molecule has 7 nitrogen and oxygen atoms in total. The predicted molar refractivity (Wildman–Crippen MR) is 80.2 cm³/mol. The molecule has 0 aromatic carbocycles. The van der Waals surface area contributed by atoms with E-state index in [-0.39, 0.29) is 11.9 Å². The highest BCUT2D eigenvalue weighted by Gasteiger charge is 2.13. The lowest BCUT2D eigenvalue weighted by Gasteiger charge is -2.15. The molecule has 0 aliphatic heterocycles. The Labute approximate surface area is 119 Å². The van der Waals surface area contributed by atoms with Crippen LogP contribution < -0.4 is 21.9 Å². The van der Waals surface area contributed by atoms with Gasteiger partial charge in [0, 0.05) is 19.0 Å². The van der Waals surface area contributed by atoms with Crippen LogP contribution in [0.15, 0.2) is 6.07 Å². The zero-order valence-corrected chi connectivity index (χ0v) is 12.4. The van der Waals surface area contributed by atoms with Gasteiger partial charge in [-0.2, -0.15) is 0 Å². The summed E-state index contributed by atoms with van der Waals surface area (Å²) < 4.78 is 0. The van der Waals surface area contributed by atoms with E-state index in [2.05, 4.69) is 33.0 Å². The zero-order valence-electron chi connectivity index (χ0n) is 12.4. The number of hydrogen-bond acceptors (Lipinski definition) is 6. The minimum absolute atomic E-state index is 0.0511. The molecule has 0 bridgehead atoms. The summed E-state index contributed by atoms with van der Waals surface area (Å²) in [5.41, 5.74) is 2.51. The maximum absolute atomic E-state index is 11.8. The van der Waals surface area contributed by atoms with Gasteiger partial charge in [-0.3, -0.25) is 4.79 Å². The first-order valence-corrected chi connectivity index (χ1v) is 6.99. The standard InChI is InChI=1S/C13H24N6O/c1-4-6-10-17-11(8-12(18-10)19-14)16-9(3)13(20)15-7-5-2/h8-9H,4-7,14H2,1-3H3,(H,15,20)(H2,16,17,18,19). The average Bonchev–Trinajstić information content (AvgIpc) is 2.44. The normalized spacial score (nSPS) is 11.8. The molecule has 1 rings (SSSR count). The van der Waals surface area contributed by atoms with Crippen molar-refractivity contribution in [2.45, 2.75) is 46.1 Å². The molecule has 7 heteroatoms. The topological polar surface area (TPSA) is 105 Å². The fourth-order valence-electron chi connectivity index (χ4n) is 1.67. The maximum Gasteiger partial charge on any atom is 0.242 e. The quantitative estimate of drug-likeness (QED) is 0.419. The van der Waals surface area contributed by atoms with Crippen molar-refractivity contribution in [3.63, 3.8) is 0 Å². The van der Waals surface area contributed by atoms with Crippen molar-refractivity contribution in [2.75, 3.05) is 17.3 Å². The Morgan fingerprint density at radius 3 is 2.60 bits per heavy atom. The van der Waals surface area contributed by atoms with Crippen LogP contribution >= 0.6 is 0 Å². The minimum Gasteiger partial charge on any atom is -0.358 e. The van der Waals surface area contributed by atoms with Gasteiger partial charge in [0.05, 0.1) is 0 Å². The van der Waals surface area contributed by atoms with E-state index >= 15 is 0 Å². The summed E-state index contributed by atoms with van der Waals surface area (Å²) in [4.78, 5) is 20.4. The summed E-state index contributed by atoms with van der Waals surface area (Å²) in [5, 5.41) is 5.90. The van der Waals surface area contributed by atoms with E-state index in [1.807, 2.05) is 6.92 Å². The Balaban J connectivity index is 2.74. The summed E-state index contributed by atoms with van der Waals surface area (Å²) in [6.07, 6.45) is 2.62. The van der Waals surface area contributed by atoms with Crippen LogP contribution in [0.3, 0.4) is 0 Å². The van der Waals surface area contributed by atoms with Gasteiger partial charge < -0.3 is 16.1 Å². The molecular weight excluding hydrogens is 256 g/mol. The monoisotopic (exact) mass is 280 g/mol. The highest BCUT2D eigenvalue weighted by molar-refractivity contribution is 5.83. The number of amides is 1. The van der Waals surface area contributed by atoms with Crippen LogP contribution in [0.1, 0.15) is 39.4 Å². The second-order valence-electron chi connectivity index (χ2n) is 4.61. The Morgan fingerprint density at radius 1 is 1.30 bits per heavy atom. The Hall–Kier alpha value is -1.89. The van der Waals surface area contributed by atoms with E-state index in [1.165, 1.54) is 0 Å². The van der Waals surface area contributed by atoms with Crippen LogP contribution in [0.4, 0.5) is 11.6 Å². The second kappa shape index (κ2) is 8.31. The fraction of sp³-hybridized carbons (Fsp3) is 0.615. The molecule has 0 saturated carbocycles. The number of rotatable bonds is 8. The number of anilines is 2. The van der Waals surface area contributed by atoms with Gasteiger partial charge in [-0.15, -0.1) is 0 Å². The number of nitrogen functional groups attached to an aromatic ring is 1. The van der Waals surface area contributed by atoms with Crippen LogP contribution in [0.5, 0.6) is 0 Å². The predicted octanol–water partition coefficient (Wildman–Crippen LogP) is 1.04. The highest BCUT2D eigenvalue weighted by Crippen LogP contribution is 2.12. The molecule has 0 spiro atoms. The first-order chi connectivity index (χ1) is 9.60. The first kappa shape index (κ1) is 16.2. The number of hydrazine groups is 1. The van der Waals surface area contributed by atoms with Gasteiger partial charge in [-0.1, -0.05) is 13.8 Å². The van der Waals surface area contributed by atoms with Gasteiger partial charge in [-0.25, -0.2) is 15.8 Å². The Morgan fingerprint density at radius 2 is 2.00 bits per heavy atom. The summed E-state index contributed by atoms with van der Waals surface area (Å²) in [6.45, 7) is 6.53. The van der Waals surface area contributed by atoms with E-state index < -0.39 is 0 Å². The van der Waals surface area contributed by atoms with Crippen molar-refractivity contribution in [3.05, 3.63) is 11.9 Å². The molecule has 1 heterocycles. The van der Waals surface area contributed by atoms with Gasteiger partial charge in [0.2, 0.25) is 5.91 Å². The van der Waals surface area contributed by atoms with Crippen molar-refractivity contribution < 1.29 is 4.79 Å². The van der Waals surface area contributed by atoms with Crippen LogP contribution in [-0.4, -0.2) is 28.5 Å². The fourth-order valence-corrected chi connectivity index (χ4v) is 1.67. The van der Waals surface area contributed by atoms with Gasteiger partial charge >= 0.3 is 0 Å². The summed E-state index contributed by atoms with van der Waals surface area (Å²) in [7, 11) is 0. The van der Waals surface area contributed by atoms with Gasteiger partial charge in [0.1, 0.15) is 23.5 Å². The van der Waals surface area contributed by atoms with Gasteiger partial charge in [0.15, 0.2) is 0 Å². The molecule has 0 saturated heterocycles. The number of aromatic nitrogens is 2. The first-order valence-electron chi connectivity index (χ1n) is 6.99. The molecule has 1 aromatic heterocycles. The minimum atomic E-state index is -0.364. The van der Waals surface area contributed by atoms with Gasteiger partial charge in [0.25, 0.3) is 0 Å². The molecule has 1 amide bonds. The molecule has 0 aliphatic rings. The smallest absolute Gasteiger partial charge is 0.242 e. The van der Waals surface area contributed by atoms with E-state index in [9.17, 15) is 4.79 Å². The molecule has 1 aromatic rings. The molecule has 5 N–H and O–H groups in total. The number of carbonyl (C=O) groups excluding carboxylic acids is 1. The van der Waals surface area contributed by atoms with E-state index in [0.717, 1.165) is 19.3 Å². The molecule has 1 unspecified atom stereocenters. The van der Waals surface area contributed by atoms with Crippen LogP contribution in [0.25, 0.3) is 0 Å². The molecule has 0 radical (unpaired) electrons. The summed E-state index contributed by atoms with van der Waals surface area (Å²) >= 11 is 0. The number of nitrogens with one attached hydrogen (secondary N) is 3. The van der Waals surface area contributed by atoms with E-state index in [1.54, 1.807) is 13.0 Å². The van der Waals surface area contributed by atoms with Crippen molar-refractivity contribution in [1.82, 2.24) is 15.3 Å². The number of carbonyl (C=O) groups is 1. The molecule has 0 aliphatic carbocycles. The largest absolute Gasteiger partial charge is 0.358 e. The number of aryl methyl sites for hydroxylation is 1. The summed E-state index contributed by atoms with van der Waals surface area (Å²) in [5.74, 6) is 7.17. The zero-order chi connectivity index (χ0) is 15.0. The second-order valence-corrected chi connectivity index (χ2v) is 4.61. The Bertz CT molecular complexity index is 437. The lowest BCUT2D eigenvalue weighted by Crippen LogP contribution is -2.38. The van der Waals surface area contributed by atoms with E-state index in [4.69, 9.17) is 5.84 Å². The third-order valence-electron chi connectivity index (χ3n) is 2.70. The third-order valence-corrected chi connectivity index (χ3v) is 2.70. The molecule has 20 heavy (non-hydrogen) atoms. The van der Waals surface area contributed by atoms with E-state index in [0.29, 0.717) is 24.0 Å². The molecule has 0 fully saturated rings. The molecule has 1 atom stereocenters. The average molecular weight is 280 g/mol. The lowest BCUT2D eigenvalue weighted by atomic mass is 10.3. The van der Waals surface area contributed by atoms with Crippen molar-refractivity contribution in [2.24, 2.45) is 5.84 Å². The van der Waals surface area contributed by atoms with Crippen LogP contribution in [0, 0.1) is 0 Å². The van der Waals surface area contributed by atoms with Crippen molar-refractivity contribution in [3.8, 4) is 0 Å². The lowest BCUT2D eigenvalue weighted by molar-refractivity contribution is -0.121. The summed E-state index contributed by atoms with van der Waals surface area (Å²) in [6, 6.07) is 1.32. The molecule has 112 valence electrons. The van der Waals surface area contributed by atoms with Crippen molar-refractivity contribution >= 4 is 17.5 Å².